The Morgan fingerprint density at radius 2 is 2.21 bits per heavy atom. The van der Waals surface area contributed by atoms with Gasteiger partial charge in [0.05, 0.1) is 19.3 Å². The summed E-state index contributed by atoms with van der Waals surface area (Å²) in [6, 6.07) is 10.9. The number of likely N-dealkylation sites (N-methyl/N-ethyl adjacent to an activating group) is 1. The molecule has 1 atom stereocenters. The van der Waals surface area contributed by atoms with Crippen molar-refractivity contribution in [3.05, 3.63) is 59.9 Å². The second-order valence-electron chi connectivity index (χ2n) is 7.01. The van der Waals surface area contributed by atoms with E-state index in [0.717, 1.165) is 5.56 Å². The Morgan fingerprint density at radius 1 is 1.34 bits per heavy atom. The number of pyridine rings is 1. The van der Waals surface area contributed by atoms with Crippen LogP contribution in [0.15, 0.2) is 48.8 Å². The molecule has 0 bridgehead atoms. The molecule has 1 unspecified atom stereocenters. The van der Waals surface area contributed by atoms with Gasteiger partial charge < -0.3 is 19.5 Å². The van der Waals surface area contributed by atoms with Crippen LogP contribution in [0.5, 0.6) is 5.75 Å². The van der Waals surface area contributed by atoms with Crippen molar-refractivity contribution in [1.29, 1.82) is 0 Å². The molecule has 0 spiro atoms. The van der Waals surface area contributed by atoms with E-state index in [0.29, 0.717) is 44.2 Å². The number of amides is 1. The highest BCUT2D eigenvalue weighted by Crippen LogP contribution is 2.18. The van der Waals surface area contributed by atoms with Crippen LogP contribution in [0.4, 0.5) is 0 Å². The number of benzene rings is 1. The van der Waals surface area contributed by atoms with E-state index >= 15 is 0 Å². The van der Waals surface area contributed by atoms with Crippen LogP contribution in [-0.2, 0) is 16.1 Å². The van der Waals surface area contributed by atoms with Gasteiger partial charge in [0.25, 0.3) is 5.91 Å². The molecule has 1 amide bonds. The number of rotatable bonds is 8. The maximum absolute atomic E-state index is 12.9. The van der Waals surface area contributed by atoms with Crippen molar-refractivity contribution in [3.8, 4) is 5.75 Å². The van der Waals surface area contributed by atoms with Crippen molar-refractivity contribution in [2.24, 2.45) is 0 Å². The molecule has 1 aliphatic rings. The molecule has 1 fully saturated rings. The summed E-state index contributed by atoms with van der Waals surface area (Å²) in [5.74, 6) is -0.365. The Balaban J connectivity index is 1.58. The van der Waals surface area contributed by atoms with Gasteiger partial charge in [0, 0.05) is 43.2 Å². The van der Waals surface area contributed by atoms with Gasteiger partial charge in [-0.1, -0.05) is 12.1 Å². The summed E-state index contributed by atoms with van der Waals surface area (Å²) in [6.45, 7) is 2.10. The van der Waals surface area contributed by atoms with Gasteiger partial charge >= 0.3 is 5.97 Å². The summed E-state index contributed by atoms with van der Waals surface area (Å²) in [4.78, 5) is 31.2. The zero-order valence-corrected chi connectivity index (χ0v) is 16.4. The molecule has 1 aromatic carbocycles. The predicted molar refractivity (Wildman–Crippen MR) is 106 cm³/mol. The molecule has 2 aromatic rings. The number of carboxylic acid groups (broad SMARTS) is 1. The summed E-state index contributed by atoms with van der Waals surface area (Å²) in [5, 5.41) is 8.88. The molecule has 0 aliphatic carbocycles. The van der Waals surface area contributed by atoms with Gasteiger partial charge in [-0.2, -0.15) is 0 Å². The second-order valence-corrected chi connectivity index (χ2v) is 7.01. The molecule has 3 rings (SSSR count). The number of hydrogen-bond donors (Lipinski definition) is 1. The zero-order chi connectivity index (χ0) is 20.6. The summed E-state index contributed by atoms with van der Waals surface area (Å²) in [6.07, 6.45) is 3.23. The van der Waals surface area contributed by atoms with Gasteiger partial charge in [0.2, 0.25) is 0 Å². The van der Waals surface area contributed by atoms with Crippen LogP contribution in [0, 0.1) is 0 Å². The van der Waals surface area contributed by atoms with Crippen LogP contribution in [0.3, 0.4) is 0 Å². The third-order valence-electron chi connectivity index (χ3n) is 4.56. The summed E-state index contributed by atoms with van der Waals surface area (Å²) in [5.41, 5.74) is 1.50. The minimum absolute atomic E-state index is 0.0654. The van der Waals surface area contributed by atoms with E-state index in [1.54, 1.807) is 47.4 Å². The molecule has 29 heavy (non-hydrogen) atoms. The van der Waals surface area contributed by atoms with Crippen molar-refractivity contribution >= 4 is 11.9 Å². The Hall–Kier alpha value is -2.97. The highest BCUT2D eigenvalue weighted by Gasteiger charge is 2.26. The zero-order valence-electron chi connectivity index (χ0n) is 16.4. The lowest BCUT2D eigenvalue weighted by atomic mass is 10.1. The first kappa shape index (κ1) is 20.8. The maximum Gasteiger partial charge on any atom is 0.317 e. The van der Waals surface area contributed by atoms with Gasteiger partial charge in [0.1, 0.15) is 12.4 Å². The number of ether oxygens (including phenoxy) is 2. The molecule has 0 saturated carbocycles. The Labute approximate surface area is 169 Å². The summed E-state index contributed by atoms with van der Waals surface area (Å²) < 4.78 is 11.5. The van der Waals surface area contributed by atoms with E-state index in [9.17, 15) is 9.59 Å². The van der Waals surface area contributed by atoms with Crippen molar-refractivity contribution < 1.29 is 24.2 Å². The average molecular weight is 399 g/mol. The number of carbonyl (C=O) groups excluding carboxylic acids is 1. The highest BCUT2D eigenvalue weighted by molar-refractivity contribution is 5.94. The van der Waals surface area contributed by atoms with Crippen LogP contribution in [0.1, 0.15) is 15.9 Å². The molecule has 1 aromatic heterocycles. The van der Waals surface area contributed by atoms with Crippen molar-refractivity contribution in [2.75, 3.05) is 39.8 Å². The summed E-state index contributed by atoms with van der Waals surface area (Å²) in [7, 11) is 1.72. The number of carboxylic acids is 1. The molecule has 8 nitrogen and oxygen atoms in total. The van der Waals surface area contributed by atoms with Crippen LogP contribution in [-0.4, -0.2) is 77.7 Å². The largest absolute Gasteiger partial charge is 0.489 e. The van der Waals surface area contributed by atoms with Gasteiger partial charge in [-0.3, -0.25) is 19.5 Å². The molecular formula is C21H25N3O5. The molecule has 1 N–H and O–H groups in total. The minimum Gasteiger partial charge on any atom is -0.489 e. The fourth-order valence-corrected chi connectivity index (χ4v) is 3.21. The lowest BCUT2D eigenvalue weighted by Crippen LogP contribution is -2.49. The van der Waals surface area contributed by atoms with E-state index in [1.807, 2.05) is 18.2 Å². The van der Waals surface area contributed by atoms with E-state index < -0.39 is 5.97 Å². The number of hydrogen-bond acceptors (Lipinski definition) is 6. The molecule has 1 aliphatic heterocycles. The Bertz CT molecular complexity index is 830. The maximum atomic E-state index is 12.9. The normalized spacial score (nSPS) is 16.6. The lowest BCUT2D eigenvalue weighted by molar-refractivity contribution is -0.138. The third-order valence-corrected chi connectivity index (χ3v) is 4.56. The van der Waals surface area contributed by atoms with E-state index in [4.69, 9.17) is 14.6 Å². The van der Waals surface area contributed by atoms with Crippen molar-refractivity contribution in [2.45, 2.75) is 12.7 Å². The van der Waals surface area contributed by atoms with Crippen molar-refractivity contribution in [3.63, 3.8) is 0 Å². The smallest absolute Gasteiger partial charge is 0.317 e. The number of carbonyl (C=O) groups is 2. The first-order valence-corrected chi connectivity index (χ1v) is 9.44. The molecular weight excluding hydrogens is 374 g/mol. The molecule has 154 valence electrons. The molecule has 1 saturated heterocycles. The fourth-order valence-electron chi connectivity index (χ4n) is 3.21. The summed E-state index contributed by atoms with van der Waals surface area (Å²) >= 11 is 0. The van der Waals surface area contributed by atoms with Crippen LogP contribution in [0.25, 0.3) is 0 Å². The number of aromatic nitrogens is 1. The highest BCUT2D eigenvalue weighted by atomic mass is 16.5. The monoisotopic (exact) mass is 399 g/mol. The van der Waals surface area contributed by atoms with E-state index in [-0.39, 0.29) is 18.6 Å². The SMILES string of the molecule is CN(CC(=O)O)CC1CN(C(=O)c2cccc(OCc3cccnc3)c2)CCO1. The topological polar surface area (TPSA) is 92.2 Å². The predicted octanol–water partition coefficient (Wildman–Crippen LogP) is 1.52. The quantitative estimate of drug-likeness (QED) is 0.719. The van der Waals surface area contributed by atoms with Crippen LogP contribution >= 0.6 is 0 Å². The van der Waals surface area contributed by atoms with E-state index in [1.165, 1.54) is 0 Å². The number of aliphatic carboxylic acids is 1. The first-order valence-electron chi connectivity index (χ1n) is 9.44. The van der Waals surface area contributed by atoms with E-state index in [2.05, 4.69) is 4.98 Å². The average Bonchev–Trinajstić information content (AvgIpc) is 2.72. The standard InChI is InChI=1S/C21H25N3O5/c1-23(14-20(25)26)12-19-13-24(8-9-28-19)21(27)17-5-2-6-18(10-17)29-15-16-4-3-7-22-11-16/h2-7,10-11,19H,8-9,12-15H2,1H3,(H,25,26). The fraction of sp³-hybridized carbons (Fsp3) is 0.381. The number of nitrogens with zero attached hydrogens (tertiary/aromatic N) is 3. The van der Waals surface area contributed by atoms with Crippen LogP contribution < -0.4 is 4.74 Å². The molecule has 0 radical (unpaired) electrons. The van der Waals surface area contributed by atoms with Gasteiger partial charge in [-0.05, 0) is 31.3 Å². The number of morpholine rings is 1. The van der Waals surface area contributed by atoms with Gasteiger partial charge in [0.15, 0.2) is 0 Å². The lowest BCUT2D eigenvalue weighted by Gasteiger charge is -2.34. The Kier molecular flexibility index (Phi) is 7.15. The van der Waals surface area contributed by atoms with Gasteiger partial charge in [-0.25, -0.2) is 0 Å². The van der Waals surface area contributed by atoms with Crippen LogP contribution in [0.2, 0.25) is 0 Å². The molecule has 8 heteroatoms. The van der Waals surface area contributed by atoms with Crippen molar-refractivity contribution in [1.82, 2.24) is 14.8 Å². The Morgan fingerprint density at radius 3 is 2.97 bits per heavy atom. The third kappa shape index (κ3) is 6.27. The van der Waals surface area contributed by atoms with Gasteiger partial charge in [-0.15, -0.1) is 0 Å². The molecule has 2 heterocycles. The minimum atomic E-state index is -0.889. The second kappa shape index (κ2) is 9.99. The first-order chi connectivity index (χ1) is 14.0.